The Morgan fingerprint density at radius 2 is 1.96 bits per heavy atom. The van der Waals surface area contributed by atoms with Crippen LogP contribution in [0.3, 0.4) is 0 Å². The van der Waals surface area contributed by atoms with Crippen molar-refractivity contribution in [2.45, 2.75) is 77.9 Å². The lowest BCUT2D eigenvalue weighted by molar-refractivity contribution is 0.158. The fourth-order valence-corrected chi connectivity index (χ4v) is 4.12. The van der Waals surface area contributed by atoms with Crippen LogP contribution in [0.1, 0.15) is 59.8 Å². The van der Waals surface area contributed by atoms with Gasteiger partial charge in [-0.25, -0.2) is 0 Å². The molecule has 0 aromatic heterocycles. The van der Waals surface area contributed by atoms with Crippen LogP contribution in [0.25, 0.3) is 0 Å². The second-order valence-electron chi connectivity index (χ2n) is 8.36. The largest absolute Gasteiger partial charge is 0.356 e. The summed E-state index contributed by atoms with van der Waals surface area (Å²) in [5, 5.41) is 7.15. The number of nitrogens with one attached hydrogen (secondary N) is 2. The molecule has 0 aromatic carbocycles. The molecule has 2 N–H and O–H groups in total. The molecule has 0 spiro atoms. The first-order valence-corrected chi connectivity index (χ1v) is 10.5. The smallest absolute Gasteiger partial charge is 0.191 e. The number of unbranched alkanes of at least 4 members (excludes halogenated alkanes) is 1. The van der Waals surface area contributed by atoms with Gasteiger partial charge in [-0.3, -0.25) is 9.89 Å². The van der Waals surface area contributed by atoms with Crippen LogP contribution < -0.4 is 10.6 Å². The van der Waals surface area contributed by atoms with Gasteiger partial charge in [0.2, 0.25) is 0 Å². The van der Waals surface area contributed by atoms with Crippen molar-refractivity contribution in [2.75, 3.05) is 39.8 Å². The molecule has 0 aromatic rings. The molecule has 0 saturated carbocycles. The number of piperidine rings is 1. The Kier molecular flexibility index (Phi) is 8.50. The maximum absolute atomic E-state index is 4.42. The highest BCUT2D eigenvalue weighted by Crippen LogP contribution is 2.18. The predicted molar refractivity (Wildman–Crippen MR) is 108 cm³/mol. The van der Waals surface area contributed by atoms with Gasteiger partial charge in [0.15, 0.2) is 5.96 Å². The van der Waals surface area contributed by atoms with Crippen molar-refractivity contribution in [2.24, 2.45) is 10.9 Å². The van der Waals surface area contributed by atoms with E-state index in [1.165, 1.54) is 51.7 Å². The van der Waals surface area contributed by atoms with Crippen LogP contribution in [-0.2, 0) is 0 Å². The summed E-state index contributed by atoms with van der Waals surface area (Å²) in [4.78, 5) is 9.64. The average molecular weight is 352 g/mol. The van der Waals surface area contributed by atoms with Gasteiger partial charge in [-0.2, -0.15) is 0 Å². The molecular formula is C20H41N5. The van der Waals surface area contributed by atoms with Crippen molar-refractivity contribution < 1.29 is 0 Å². The maximum atomic E-state index is 4.42. The quantitative estimate of drug-likeness (QED) is 0.420. The molecule has 2 rings (SSSR count). The Bertz CT molecular complexity index is 409. The Morgan fingerprint density at radius 3 is 2.60 bits per heavy atom. The molecule has 5 heteroatoms. The zero-order chi connectivity index (χ0) is 18.2. The van der Waals surface area contributed by atoms with Crippen LogP contribution in [0.5, 0.6) is 0 Å². The molecule has 2 aliphatic rings. The Hall–Kier alpha value is -0.810. The molecule has 146 valence electrons. The van der Waals surface area contributed by atoms with E-state index < -0.39 is 0 Å². The van der Waals surface area contributed by atoms with Crippen LogP contribution in [0.2, 0.25) is 0 Å². The molecule has 2 aliphatic heterocycles. The lowest BCUT2D eigenvalue weighted by Crippen LogP contribution is -2.47. The van der Waals surface area contributed by atoms with Crippen molar-refractivity contribution in [1.29, 1.82) is 0 Å². The molecule has 2 fully saturated rings. The lowest BCUT2D eigenvalue weighted by Gasteiger charge is -2.33. The zero-order valence-electron chi connectivity index (χ0n) is 17.2. The minimum Gasteiger partial charge on any atom is -0.356 e. The summed E-state index contributed by atoms with van der Waals surface area (Å²) in [5.41, 5.74) is 0. The van der Waals surface area contributed by atoms with E-state index >= 15 is 0 Å². The number of likely N-dealkylation sites (tertiary alicyclic amines) is 2. The van der Waals surface area contributed by atoms with E-state index in [1.807, 2.05) is 7.05 Å². The third-order valence-corrected chi connectivity index (χ3v) is 6.02. The summed E-state index contributed by atoms with van der Waals surface area (Å²) in [7, 11) is 1.88. The summed E-state index contributed by atoms with van der Waals surface area (Å²) in [6.45, 7) is 15.1. The molecule has 25 heavy (non-hydrogen) atoms. The van der Waals surface area contributed by atoms with Crippen molar-refractivity contribution >= 4 is 5.96 Å². The second kappa shape index (κ2) is 10.4. The van der Waals surface area contributed by atoms with Crippen LogP contribution in [0.4, 0.5) is 0 Å². The standard InChI is InChI=1S/C20H41N5/c1-16(2)25-14-17(3)19(15-25)23-20(21-5)22-11-7-9-13-24-12-8-6-10-18(24)4/h16-19H,6-15H2,1-5H3,(H2,21,22,23). The number of hydrogen-bond acceptors (Lipinski definition) is 3. The van der Waals surface area contributed by atoms with Crippen molar-refractivity contribution in [3.05, 3.63) is 0 Å². The van der Waals surface area contributed by atoms with E-state index in [0.717, 1.165) is 25.1 Å². The molecule has 2 heterocycles. The SMILES string of the molecule is CN=C(NCCCCN1CCCCC1C)NC1CN(C(C)C)CC1C. The molecule has 5 nitrogen and oxygen atoms in total. The van der Waals surface area contributed by atoms with Crippen molar-refractivity contribution in [1.82, 2.24) is 20.4 Å². The molecule has 3 unspecified atom stereocenters. The maximum Gasteiger partial charge on any atom is 0.191 e. The highest BCUT2D eigenvalue weighted by Gasteiger charge is 2.31. The monoisotopic (exact) mass is 351 g/mol. The number of hydrogen-bond donors (Lipinski definition) is 2. The normalized spacial score (nSPS) is 29.4. The average Bonchev–Trinajstić information content (AvgIpc) is 2.96. The summed E-state index contributed by atoms with van der Waals surface area (Å²) in [5.74, 6) is 1.63. The van der Waals surface area contributed by atoms with Crippen molar-refractivity contribution in [3.8, 4) is 0 Å². The van der Waals surface area contributed by atoms with Crippen LogP contribution in [0.15, 0.2) is 4.99 Å². The Morgan fingerprint density at radius 1 is 1.16 bits per heavy atom. The molecule has 0 bridgehead atoms. The summed E-state index contributed by atoms with van der Waals surface area (Å²) < 4.78 is 0. The van der Waals surface area contributed by atoms with Gasteiger partial charge >= 0.3 is 0 Å². The highest BCUT2D eigenvalue weighted by molar-refractivity contribution is 5.80. The fraction of sp³-hybridized carbons (Fsp3) is 0.950. The number of aliphatic imine (C=N–C) groups is 1. The van der Waals surface area contributed by atoms with Gasteiger partial charge in [0.1, 0.15) is 0 Å². The third-order valence-electron chi connectivity index (χ3n) is 6.02. The number of guanidine groups is 1. The van der Waals surface area contributed by atoms with Gasteiger partial charge in [0, 0.05) is 44.8 Å². The van der Waals surface area contributed by atoms with Gasteiger partial charge in [0.05, 0.1) is 0 Å². The first-order chi connectivity index (χ1) is 12.0. The summed E-state index contributed by atoms with van der Waals surface area (Å²) >= 11 is 0. The Labute approximate surface area is 155 Å². The van der Waals surface area contributed by atoms with Gasteiger partial charge in [-0.15, -0.1) is 0 Å². The highest BCUT2D eigenvalue weighted by atomic mass is 15.3. The molecule has 2 saturated heterocycles. The van der Waals surface area contributed by atoms with Gasteiger partial charge in [0.25, 0.3) is 0 Å². The van der Waals surface area contributed by atoms with E-state index in [-0.39, 0.29) is 0 Å². The molecule has 0 radical (unpaired) electrons. The second-order valence-corrected chi connectivity index (χ2v) is 8.36. The molecular weight excluding hydrogens is 310 g/mol. The van der Waals surface area contributed by atoms with E-state index in [2.05, 4.69) is 53.1 Å². The third kappa shape index (κ3) is 6.45. The first kappa shape index (κ1) is 20.5. The van der Waals surface area contributed by atoms with Gasteiger partial charge in [-0.1, -0.05) is 13.3 Å². The topological polar surface area (TPSA) is 42.9 Å². The van der Waals surface area contributed by atoms with E-state index in [0.29, 0.717) is 18.0 Å². The van der Waals surface area contributed by atoms with Crippen LogP contribution >= 0.6 is 0 Å². The van der Waals surface area contributed by atoms with Crippen molar-refractivity contribution in [3.63, 3.8) is 0 Å². The molecule has 0 aliphatic carbocycles. The molecule has 0 amide bonds. The van der Waals surface area contributed by atoms with E-state index in [9.17, 15) is 0 Å². The van der Waals surface area contributed by atoms with Gasteiger partial charge < -0.3 is 15.5 Å². The summed E-state index contributed by atoms with van der Waals surface area (Å²) in [6.07, 6.45) is 6.65. The van der Waals surface area contributed by atoms with Crippen LogP contribution in [0, 0.1) is 5.92 Å². The minimum absolute atomic E-state index is 0.503. The summed E-state index contributed by atoms with van der Waals surface area (Å²) in [6, 6.07) is 1.91. The minimum atomic E-state index is 0.503. The lowest BCUT2D eigenvalue weighted by atomic mass is 10.0. The van der Waals surface area contributed by atoms with Gasteiger partial charge in [-0.05, 0) is 65.5 Å². The van der Waals surface area contributed by atoms with E-state index in [4.69, 9.17) is 0 Å². The molecule has 3 atom stereocenters. The van der Waals surface area contributed by atoms with Crippen LogP contribution in [-0.4, -0.2) is 73.7 Å². The van der Waals surface area contributed by atoms with E-state index in [1.54, 1.807) is 0 Å². The number of nitrogens with zero attached hydrogens (tertiary/aromatic N) is 3. The first-order valence-electron chi connectivity index (χ1n) is 10.5. The predicted octanol–water partition coefficient (Wildman–Crippen LogP) is 2.53. The Balaban J connectivity index is 1.62. The fourth-order valence-electron chi connectivity index (χ4n) is 4.12. The number of rotatable bonds is 7. The zero-order valence-corrected chi connectivity index (χ0v) is 17.2.